The predicted molar refractivity (Wildman–Crippen MR) is 116 cm³/mol. The van der Waals surface area contributed by atoms with Gasteiger partial charge >= 0.3 is 0 Å². The number of benzene rings is 2. The zero-order chi connectivity index (χ0) is 21.2. The van der Waals surface area contributed by atoms with Gasteiger partial charge in [-0.05, 0) is 28.8 Å². The Balaban J connectivity index is 1.36. The molecule has 1 atom stereocenters. The number of H-pyrrole nitrogens is 2. The number of Topliss-reactive ketones (excluding diaryl/α,β-unsaturated/α-hetero) is 1. The van der Waals surface area contributed by atoms with Gasteiger partial charge in [-0.2, -0.15) is 15.3 Å². The number of nitrogens with zero attached hydrogens (tertiary/aromatic N) is 4. The van der Waals surface area contributed by atoms with Crippen LogP contribution in [0.5, 0.6) is 0 Å². The van der Waals surface area contributed by atoms with Crippen molar-refractivity contribution in [3.05, 3.63) is 90.1 Å². The molecule has 0 aliphatic carbocycles. The fourth-order valence-electron chi connectivity index (χ4n) is 3.75. The monoisotopic (exact) mass is 412 g/mol. The molecular weight excluding hydrogens is 392 g/mol. The van der Waals surface area contributed by atoms with E-state index >= 15 is 0 Å². The third-order valence-electron chi connectivity index (χ3n) is 5.35. The molecule has 154 valence electrons. The van der Waals surface area contributed by atoms with Gasteiger partial charge in [0.1, 0.15) is 5.69 Å². The van der Waals surface area contributed by atoms with Crippen molar-refractivity contribution >= 4 is 16.7 Å². The lowest BCUT2D eigenvalue weighted by molar-refractivity contribution is 0.0989. The summed E-state index contributed by atoms with van der Waals surface area (Å²) in [6.07, 6.45) is 7.20. The van der Waals surface area contributed by atoms with E-state index in [0.717, 1.165) is 33.2 Å². The van der Waals surface area contributed by atoms with Gasteiger partial charge in [0.15, 0.2) is 5.78 Å². The maximum Gasteiger partial charge on any atom is 0.188 e. The number of aliphatic hydroxyl groups excluding tert-OH is 1. The molecule has 0 saturated carbocycles. The van der Waals surface area contributed by atoms with Gasteiger partial charge in [0.25, 0.3) is 0 Å². The number of carbonyl (C=O) groups excluding carboxylic acids is 1. The SMILES string of the molecule is O=C(Cc1cnn([C@@H](CO)c2ccccc2)c1)c1n[nH]c2cc(-c3cn[nH]c3)ccc12. The average molecular weight is 412 g/mol. The molecule has 0 radical (unpaired) electrons. The molecule has 8 nitrogen and oxygen atoms in total. The number of aliphatic hydroxyl groups is 1. The molecular formula is C23H20N6O2. The predicted octanol–water partition coefficient (Wildman–Crippen LogP) is 3.16. The minimum absolute atomic E-state index is 0.0813. The van der Waals surface area contributed by atoms with Crippen LogP contribution in [0.4, 0.5) is 0 Å². The highest BCUT2D eigenvalue weighted by Crippen LogP contribution is 2.25. The Morgan fingerprint density at radius 1 is 1.10 bits per heavy atom. The van der Waals surface area contributed by atoms with Crippen LogP contribution in [0, 0.1) is 0 Å². The highest BCUT2D eigenvalue weighted by Gasteiger charge is 2.18. The Morgan fingerprint density at radius 3 is 2.74 bits per heavy atom. The van der Waals surface area contributed by atoms with Crippen LogP contribution in [-0.4, -0.2) is 47.7 Å². The van der Waals surface area contributed by atoms with Crippen LogP contribution in [0.15, 0.2) is 73.3 Å². The van der Waals surface area contributed by atoms with Crippen LogP contribution in [0.3, 0.4) is 0 Å². The fraction of sp³-hybridized carbons (Fsp3) is 0.130. The summed E-state index contributed by atoms with van der Waals surface area (Å²) in [6, 6.07) is 15.2. The number of fused-ring (bicyclic) bond motifs is 1. The molecule has 0 aliphatic heterocycles. The van der Waals surface area contributed by atoms with Gasteiger partial charge in [0.2, 0.25) is 0 Å². The Hall–Kier alpha value is -4.04. The first kappa shape index (κ1) is 19.0. The summed E-state index contributed by atoms with van der Waals surface area (Å²) in [5.41, 5.74) is 4.88. The first-order valence-electron chi connectivity index (χ1n) is 9.92. The fourth-order valence-corrected chi connectivity index (χ4v) is 3.75. The van der Waals surface area contributed by atoms with Crippen LogP contribution >= 0.6 is 0 Å². The second-order valence-corrected chi connectivity index (χ2v) is 7.36. The summed E-state index contributed by atoms with van der Waals surface area (Å²) in [7, 11) is 0. The maximum atomic E-state index is 12.9. The van der Waals surface area contributed by atoms with Crippen molar-refractivity contribution < 1.29 is 9.90 Å². The molecule has 0 aliphatic rings. The number of hydrogen-bond donors (Lipinski definition) is 3. The zero-order valence-electron chi connectivity index (χ0n) is 16.6. The van der Waals surface area contributed by atoms with Crippen molar-refractivity contribution in [3.63, 3.8) is 0 Å². The number of ketones is 1. The molecule has 8 heteroatoms. The lowest BCUT2D eigenvalue weighted by Gasteiger charge is -2.15. The quantitative estimate of drug-likeness (QED) is 0.356. The Kier molecular flexibility index (Phi) is 4.89. The molecule has 3 N–H and O–H groups in total. The maximum absolute atomic E-state index is 12.9. The summed E-state index contributed by atoms with van der Waals surface area (Å²) >= 11 is 0. The molecule has 0 saturated heterocycles. The zero-order valence-corrected chi connectivity index (χ0v) is 16.6. The minimum atomic E-state index is -0.294. The molecule has 5 rings (SSSR count). The van der Waals surface area contributed by atoms with Gasteiger partial charge in [-0.1, -0.05) is 36.4 Å². The largest absolute Gasteiger partial charge is 0.394 e. The third-order valence-corrected chi connectivity index (χ3v) is 5.35. The smallest absolute Gasteiger partial charge is 0.188 e. The minimum Gasteiger partial charge on any atom is -0.394 e. The first-order chi connectivity index (χ1) is 15.2. The van der Waals surface area contributed by atoms with Crippen LogP contribution < -0.4 is 0 Å². The van der Waals surface area contributed by atoms with Crippen molar-refractivity contribution in [1.82, 2.24) is 30.2 Å². The van der Waals surface area contributed by atoms with Crippen molar-refractivity contribution in [1.29, 1.82) is 0 Å². The van der Waals surface area contributed by atoms with Gasteiger partial charge in [-0.25, -0.2) is 0 Å². The van der Waals surface area contributed by atoms with Crippen LogP contribution in [0.1, 0.15) is 27.7 Å². The topological polar surface area (TPSA) is 112 Å². The number of hydrogen-bond acceptors (Lipinski definition) is 5. The van der Waals surface area contributed by atoms with Gasteiger partial charge in [0, 0.05) is 29.8 Å². The van der Waals surface area contributed by atoms with E-state index in [-0.39, 0.29) is 24.9 Å². The van der Waals surface area contributed by atoms with E-state index < -0.39 is 0 Å². The van der Waals surface area contributed by atoms with Crippen LogP contribution in [-0.2, 0) is 6.42 Å². The van der Waals surface area contributed by atoms with Crippen LogP contribution in [0.25, 0.3) is 22.0 Å². The first-order valence-corrected chi connectivity index (χ1v) is 9.92. The molecule has 0 unspecified atom stereocenters. The molecule has 0 amide bonds. The summed E-state index contributed by atoms with van der Waals surface area (Å²) in [5.74, 6) is -0.0953. The average Bonchev–Trinajstić information content (AvgIpc) is 3.56. The normalized spacial score (nSPS) is 12.3. The molecule has 0 fully saturated rings. The van der Waals surface area contributed by atoms with Crippen LogP contribution in [0.2, 0.25) is 0 Å². The Bertz CT molecular complexity index is 1320. The Morgan fingerprint density at radius 2 is 1.97 bits per heavy atom. The lowest BCUT2D eigenvalue weighted by Crippen LogP contribution is -2.15. The number of carbonyl (C=O) groups is 1. The molecule has 5 aromatic rings. The number of aromatic nitrogens is 6. The van der Waals surface area contributed by atoms with Gasteiger partial charge in [-0.15, -0.1) is 0 Å². The van der Waals surface area contributed by atoms with Gasteiger partial charge in [0.05, 0.1) is 30.6 Å². The van der Waals surface area contributed by atoms with E-state index in [4.69, 9.17) is 0 Å². The standard InChI is InChI=1S/C23H20N6O2/c30-14-21(16-4-2-1-3-5-16)29-13-15(10-26-29)8-22(31)23-19-7-6-17(9-20(19)27-28-23)18-11-24-25-12-18/h1-7,9-13,21,30H,8,14H2,(H,24,25)(H,27,28)/t21-/m0/s1. The lowest BCUT2D eigenvalue weighted by atomic mass is 10.0. The summed E-state index contributed by atoms with van der Waals surface area (Å²) in [5, 5.41) is 29.0. The summed E-state index contributed by atoms with van der Waals surface area (Å²) < 4.78 is 1.69. The van der Waals surface area contributed by atoms with E-state index in [1.165, 1.54) is 0 Å². The highest BCUT2D eigenvalue weighted by molar-refractivity contribution is 6.07. The van der Waals surface area contributed by atoms with E-state index in [1.54, 1.807) is 23.3 Å². The van der Waals surface area contributed by atoms with E-state index in [0.29, 0.717) is 5.69 Å². The van der Waals surface area contributed by atoms with Crippen molar-refractivity contribution in [2.24, 2.45) is 0 Å². The van der Waals surface area contributed by atoms with Gasteiger partial charge in [-0.3, -0.25) is 19.7 Å². The molecule has 31 heavy (non-hydrogen) atoms. The molecule has 3 aromatic heterocycles. The molecule has 3 heterocycles. The number of rotatable bonds is 7. The highest BCUT2D eigenvalue weighted by atomic mass is 16.3. The Labute approximate surface area is 177 Å². The second kappa shape index (κ2) is 8.00. The van der Waals surface area contributed by atoms with Crippen molar-refractivity contribution in [3.8, 4) is 11.1 Å². The molecule has 0 spiro atoms. The molecule has 2 aromatic carbocycles. The molecule has 0 bridgehead atoms. The number of nitrogens with one attached hydrogen (secondary N) is 2. The van der Waals surface area contributed by atoms with Crippen molar-refractivity contribution in [2.45, 2.75) is 12.5 Å². The third kappa shape index (κ3) is 3.64. The van der Waals surface area contributed by atoms with E-state index in [2.05, 4.69) is 25.5 Å². The van der Waals surface area contributed by atoms with Crippen molar-refractivity contribution in [2.75, 3.05) is 6.61 Å². The van der Waals surface area contributed by atoms with E-state index in [1.807, 2.05) is 54.7 Å². The number of aromatic amines is 2. The summed E-state index contributed by atoms with van der Waals surface area (Å²) in [6.45, 7) is -0.0813. The van der Waals surface area contributed by atoms with Gasteiger partial charge < -0.3 is 5.11 Å². The second-order valence-electron chi connectivity index (χ2n) is 7.36. The van der Waals surface area contributed by atoms with E-state index in [9.17, 15) is 9.90 Å². The summed E-state index contributed by atoms with van der Waals surface area (Å²) in [4.78, 5) is 12.9.